The lowest BCUT2D eigenvalue weighted by Gasteiger charge is -2.02. The highest BCUT2D eigenvalue weighted by molar-refractivity contribution is 9.10. The molecule has 0 radical (unpaired) electrons. The molecule has 2 aromatic carbocycles. The van der Waals surface area contributed by atoms with Crippen LogP contribution in [0, 0.1) is 13.8 Å². The Hall–Kier alpha value is -1.67. The van der Waals surface area contributed by atoms with Crippen molar-refractivity contribution in [2.75, 3.05) is 0 Å². The molecule has 0 saturated carbocycles. The van der Waals surface area contributed by atoms with Gasteiger partial charge >= 0.3 is 0 Å². The van der Waals surface area contributed by atoms with Gasteiger partial charge in [-0.1, -0.05) is 57.9 Å². The molecule has 0 heterocycles. The molecule has 0 amide bonds. The molecule has 1 nitrogen and oxygen atoms in total. The van der Waals surface area contributed by atoms with Crippen molar-refractivity contribution < 1.29 is 4.79 Å². The third-order valence-corrected chi connectivity index (χ3v) is 3.47. The fourth-order valence-electron chi connectivity index (χ4n) is 1.93. The van der Waals surface area contributed by atoms with Gasteiger partial charge in [-0.2, -0.15) is 0 Å². The third kappa shape index (κ3) is 3.65. The number of hydrogen-bond acceptors (Lipinski definition) is 1. The van der Waals surface area contributed by atoms with Gasteiger partial charge in [0.2, 0.25) is 0 Å². The molecule has 0 fully saturated rings. The van der Waals surface area contributed by atoms with Crippen LogP contribution in [0.1, 0.15) is 27.0 Å². The van der Waals surface area contributed by atoms with E-state index in [0.29, 0.717) is 0 Å². The number of carbonyl (C=O) groups excluding carboxylic acids is 1. The van der Waals surface area contributed by atoms with Crippen molar-refractivity contribution in [3.05, 3.63) is 75.3 Å². The van der Waals surface area contributed by atoms with Crippen LogP contribution in [0.2, 0.25) is 0 Å². The minimum atomic E-state index is 0.0421. The average molecular weight is 315 g/mol. The molecule has 2 heteroatoms. The van der Waals surface area contributed by atoms with Gasteiger partial charge in [-0.05, 0) is 43.2 Å². The number of hydrogen-bond donors (Lipinski definition) is 0. The van der Waals surface area contributed by atoms with E-state index in [1.807, 2.05) is 62.4 Å². The van der Waals surface area contributed by atoms with Crippen LogP contribution in [-0.4, -0.2) is 5.78 Å². The highest BCUT2D eigenvalue weighted by Gasteiger charge is 2.05. The van der Waals surface area contributed by atoms with Gasteiger partial charge in [-0.15, -0.1) is 0 Å². The van der Waals surface area contributed by atoms with E-state index in [9.17, 15) is 4.79 Å². The van der Waals surface area contributed by atoms with Crippen molar-refractivity contribution in [2.45, 2.75) is 13.8 Å². The van der Waals surface area contributed by atoms with E-state index in [-0.39, 0.29) is 5.78 Å². The summed E-state index contributed by atoms with van der Waals surface area (Å²) < 4.78 is 1.03. The van der Waals surface area contributed by atoms with Crippen molar-refractivity contribution >= 4 is 27.8 Å². The number of aryl methyl sites for hydroxylation is 2. The molecular formula is C17H15BrO. The van der Waals surface area contributed by atoms with Crippen molar-refractivity contribution in [2.24, 2.45) is 0 Å². The average Bonchev–Trinajstić information content (AvgIpc) is 2.37. The van der Waals surface area contributed by atoms with Crippen LogP contribution in [0.5, 0.6) is 0 Å². The monoisotopic (exact) mass is 314 g/mol. The molecule has 0 atom stereocenters. The molecule has 0 spiro atoms. The van der Waals surface area contributed by atoms with E-state index in [0.717, 1.165) is 21.2 Å². The normalized spacial score (nSPS) is 10.9. The van der Waals surface area contributed by atoms with Crippen LogP contribution in [0.3, 0.4) is 0 Å². The fraction of sp³-hybridized carbons (Fsp3) is 0.118. The lowest BCUT2D eigenvalue weighted by atomic mass is 10.0. The van der Waals surface area contributed by atoms with Gasteiger partial charge in [0.15, 0.2) is 5.78 Å². The SMILES string of the molecule is Cc1ccc(C(=O)/C=C/c2ccc(Br)cc2)c(C)c1. The second-order valence-corrected chi connectivity index (χ2v) is 5.48. The molecule has 0 aliphatic rings. The Morgan fingerprint density at radius 1 is 1.05 bits per heavy atom. The summed E-state index contributed by atoms with van der Waals surface area (Å²) in [6.07, 6.45) is 3.47. The zero-order valence-electron chi connectivity index (χ0n) is 11.0. The van der Waals surface area contributed by atoms with Crippen LogP contribution in [0.25, 0.3) is 6.08 Å². The van der Waals surface area contributed by atoms with E-state index < -0.39 is 0 Å². The Morgan fingerprint density at radius 3 is 2.37 bits per heavy atom. The van der Waals surface area contributed by atoms with E-state index in [2.05, 4.69) is 15.9 Å². The zero-order chi connectivity index (χ0) is 13.8. The minimum Gasteiger partial charge on any atom is -0.289 e. The summed E-state index contributed by atoms with van der Waals surface area (Å²) in [5, 5.41) is 0. The quantitative estimate of drug-likeness (QED) is 0.578. The topological polar surface area (TPSA) is 17.1 Å². The van der Waals surface area contributed by atoms with E-state index >= 15 is 0 Å². The lowest BCUT2D eigenvalue weighted by molar-refractivity contribution is 0.104. The van der Waals surface area contributed by atoms with Gasteiger partial charge in [0.25, 0.3) is 0 Å². The Labute approximate surface area is 122 Å². The maximum atomic E-state index is 12.1. The van der Waals surface area contributed by atoms with Crippen molar-refractivity contribution in [1.82, 2.24) is 0 Å². The Bertz CT molecular complexity index is 624. The van der Waals surface area contributed by atoms with Gasteiger partial charge in [0.1, 0.15) is 0 Å². The molecule has 0 N–H and O–H groups in total. The number of ketones is 1. The largest absolute Gasteiger partial charge is 0.289 e. The maximum absolute atomic E-state index is 12.1. The van der Waals surface area contributed by atoms with Crippen LogP contribution < -0.4 is 0 Å². The second-order valence-electron chi connectivity index (χ2n) is 4.57. The molecule has 0 aromatic heterocycles. The summed E-state index contributed by atoms with van der Waals surface area (Å²) in [6, 6.07) is 13.7. The van der Waals surface area contributed by atoms with Gasteiger partial charge in [0.05, 0.1) is 0 Å². The molecule has 0 aliphatic heterocycles. The van der Waals surface area contributed by atoms with Crippen LogP contribution in [0.15, 0.2) is 53.0 Å². The minimum absolute atomic E-state index is 0.0421. The molecule has 96 valence electrons. The second kappa shape index (κ2) is 5.98. The predicted octanol–water partition coefficient (Wildman–Crippen LogP) is 4.96. The number of halogens is 1. The summed E-state index contributed by atoms with van der Waals surface area (Å²) in [6.45, 7) is 3.99. The predicted molar refractivity (Wildman–Crippen MR) is 83.4 cm³/mol. The summed E-state index contributed by atoms with van der Waals surface area (Å²) >= 11 is 3.39. The molecule has 2 rings (SSSR count). The zero-order valence-corrected chi connectivity index (χ0v) is 12.6. The molecule has 19 heavy (non-hydrogen) atoms. The number of rotatable bonds is 3. The van der Waals surface area contributed by atoms with Gasteiger partial charge in [-0.3, -0.25) is 4.79 Å². The maximum Gasteiger partial charge on any atom is 0.186 e. The summed E-state index contributed by atoms with van der Waals surface area (Å²) in [4.78, 5) is 12.1. The highest BCUT2D eigenvalue weighted by Crippen LogP contribution is 2.14. The first-order valence-corrected chi connectivity index (χ1v) is 6.91. The van der Waals surface area contributed by atoms with Gasteiger partial charge < -0.3 is 0 Å². The summed E-state index contributed by atoms with van der Waals surface area (Å²) in [7, 11) is 0. The molecule has 0 aliphatic carbocycles. The molecule has 0 saturated heterocycles. The van der Waals surface area contributed by atoms with Crippen molar-refractivity contribution in [3.63, 3.8) is 0 Å². The third-order valence-electron chi connectivity index (χ3n) is 2.94. The first-order chi connectivity index (χ1) is 9.06. The lowest BCUT2D eigenvalue weighted by Crippen LogP contribution is -1.97. The Morgan fingerprint density at radius 2 is 1.74 bits per heavy atom. The van der Waals surface area contributed by atoms with E-state index in [1.54, 1.807) is 6.08 Å². The van der Waals surface area contributed by atoms with Crippen molar-refractivity contribution in [3.8, 4) is 0 Å². The Kier molecular flexibility index (Phi) is 4.33. The van der Waals surface area contributed by atoms with Gasteiger partial charge in [0, 0.05) is 10.0 Å². The first-order valence-electron chi connectivity index (χ1n) is 6.11. The van der Waals surface area contributed by atoms with E-state index in [4.69, 9.17) is 0 Å². The number of benzene rings is 2. The highest BCUT2D eigenvalue weighted by atomic mass is 79.9. The standard InChI is InChI=1S/C17H15BrO/c1-12-3-9-16(13(2)11-12)17(19)10-6-14-4-7-15(18)8-5-14/h3-11H,1-2H3/b10-6+. The number of allylic oxidation sites excluding steroid dienone is 1. The molecule has 2 aromatic rings. The fourth-order valence-corrected chi connectivity index (χ4v) is 2.19. The number of carbonyl (C=O) groups is 1. The molecule has 0 unspecified atom stereocenters. The Balaban J connectivity index is 2.18. The van der Waals surface area contributed by atoms with Gasteiger partial charge in [-0.25, -0.2) is 0 Å². The van der Waals surface area contributed by atoms with Crippen LogP contribution in [0.4, 0.5) is 0 Å². The summed E-state index contributed by atoms with van der Waals surface area (Å²) in [5.74, 6) is 0.0421. The molecule has 0 bridgehead atoms. The first kappa shape index (κ1) is 13.8. The van der Waals surface area contributed by atoms with Crippen LogP contribution in [-0.2, 0) is 0 Å². The smallest absolute Gasteiger partial charge is 0.186 e. The van der Waals surface area contributed by atoms with Crippen molar-refractivity contribution in [1.29, 1.82) is 0 Å². The van der Waals surface area contributed by atoms with Crippen LogP contribution >= 0.6 is 15.9 Å². The van der Waals surface area contributed by atoms with E-state index in [1.165, 1.54) is 5.56 Å². The molecular weight excluding hydrogens is 300 g/mol. The summed E-state index contributed by atoms with van der Waals surface area (Å²) in [5.41, 5.74) is 3.97.